The van der Waals surface area contributed by atoms with Crippen molar-refractivity contribution in [2.75, 3.05) is 5.32 Å². The lowest BCUT2D eigenvalue weighted by Gasteiger charge is -2.06. The van der Waals surface area contributed by atoms with E-state index in [1.54, 1.807) is 36.4 Å². The van der Waals surface area contributed by atoms with Crippen LogP contribution in [0.1, 0.15) is 5.56 Å². The molecule has 8 heteroatoms. The number of anilines is 2. The normalized spacial score (nSPS) is 10.5. The smallest absolute Gasteiger partial charge is 0.324 e. The molecule has 2 heterocycles. The molecule has 0 amide bonds. The second-order valence-corrected chi connectivity index (χ2v) is 5.21. The Morgan fingerprint density at radius 3 is 2.88 bits per heavy atom. The minimum atomic E-state index is -0.329. The molecule has 4 aromatic rings. The molecule has 0 aliphatic carbocycles. The average Bonchev–Trinajstić information content (AvgIpc) is 2.98. The monoisotopic (exact) mass is 329 g/mol. The van der Waals surface area contributed by atoms with E-state index in [1.807, 2.05) is 12.1 Å². The molecule has 0 saturated heterocycles. The fraction of sp³-hybridized carbons (Fsp3) is 0. The molecule has 25 heavy (non-hydrogen) atoms. The number of rotatable bonds is 3. The lowest BCUT2D eigenvalue weighted by Crippen LogP contribution is -2.18. The molecule has 0 aliphatic heterocycles. The average molecular weight is 329 g/mol. The standard InChI is InChI=1S/C17H11N7O/c18-9-11-4-3-5-12(8-11)21-15-19-10-20-16(23-15)24-14-7-2-1-6-13(14)22-17(24)25/h1-8,10H,(H,22,25)(H,19,20,21,23). The fourth-order valence-electron chi connectivity index (χ4n) is 2.50. The van der Waals surface area contributed by atoms with E-state index in [0.717, 1.165) is 0 Å². The highest BCUT2D eigenvalue weighted by Gasteiger charge is 2.11. The predicted octanol–water partition coefficient (Wildman–Crippen LogP) is 2.12. The molecular weight excluding hydrogens is 318 g/mol. The zero-order chi connectivity index (χ0) is 17.2. The van der Waals surface area contributed by atoms with Crippen LogP contribution < -0.4 is 11.0 Å². The summed E-state index contributed by atoms with van der Waals surface area (Å²) in [5, 5.41) is 12.0. The maximum atomic E-state index is 12.2. The quantitative estimate of drug-likeness (QED) is 0.595. The van der Waals surface area contributed by atoms with Crippen molar-refractivity contribution in [3.8, 4) is 12.0 Å². The predicted molar refractivity (Wildman–Crippen MR) is 91.7 cm³/mol. The molecule has 2 N–H and O–H groups in total. The number of aromatic nitrogens is 5. The highest BCUT2D eigenvalue weighted by atomic mass is 16.1. The first-order chi connectivity index (χ1) is 12.2. The van der Waals surface area contributed by atoms with Gasteiger partial charge in [0.1, 0.15) is 6.33 Å². The lowest BCUT2D eigenvalue weighted by atomic mass is 10.2. The summed E-state index contributed by atoms with van der Waals surface area (Å²) >= 11 is 0. The molecule has 0 unspecified atom stereocenters. The van der Waals surface area contributed by atoms with Gasteiger partial charge >= 0.3 is 5.69 Å². The van der Waals surface area contributed by atoms with Crippen molar-refractivity contribution in [2.24, 2.45) is 0 Å². The van der Waals surface area contributed by atoms with Crippen LogP contribution in [-0.2, 0) is 0 Å². The molecular formula is C17H11N7O. The van der Waals surface area contributed by atoms with Crippen LogP contribution in [0.4, 0.5) is 11.6 Å². The van der Waals surface area contributed by atoms with E-state index in [2.05, 4.69) is 31.3 Å². The van der Waals surface area contributed by atoms with Crippen molar-refractivity contribution < 1.29 is 0 Å². The Morgan fingerprint density at radius 1 is 1.12 bits per heavy atom. The van der Waals surface area contributed by atoms with Crippen molar-refractivity contribution >= 4 is 22.7 Å². The largest absolute Gasteiger partial charge is 0.333 e. The summed E-state index contributed by atoms with van der Waals surface area (Å²) in [6.07, 6.45) is 1.33. The topological polar surface area (TPSA) is 112 Å². The van der Waals surface area contributed by atoms with Crippen molar-refractivity contribution in [1.29, 1.82) is 5.26 Å². The fourth-order valence-corrected chi connectivity index (χ4v) is 2.50. The molecule has 0 bridgehead atoms. The van der Waals surface area contributed by atoms with Crippen LogP contribution in [-0.4, -0.2) is 24.5 Å². The zero-order valence-electron chi connectivity index (χ0n) is 12.8. The Kier molecular flexibility index (Phi) is 3.44. The summed E-state index contributed by atoms with van der Waals surface area (Å²) in [6.45, 7) is 0. The van der Waals surface area contributed by atoms with Crippen molar-refractivity contribution in [1.82, 2.24) is 24.5 Å². The Morgan fingerprint density at radius 2 is 2.00 bits per heavy atom. The van der Waals surface area contributed by atoms with Crippen LogP contribution in [0.25, 0.3) is 17.0 Å². The van der Waals surface area contributed by atoms with Gasteiger partial charge < -0.3 is 10.3 Å². The van der Waals surface area contributed by atoms with E-state index in [0.29, 0.717) is 22.3 Å². The van der Waals surface area contributed by atoms with Gasteiger partial charge in [-0.15, -0.1) is 0 Å². The summed E-state index contributed by atoms with van der Waals surface area (Å²) in [7, 11) is 0. The molecule has 0 atom stereocenters. The van der Waals surface area contributed by atoms with Crippen LogP contribution in [0, 0.1) is 11.3 Å². The third-order valence-corrected chi connectivity index (χ3v) is 3.60. The van der Waals surface area contributed by atoms with Gasteiger partial charge in [0.2, 0.25) is 11.9 Å². The molecule has 2 aromatic carbocycles. The van der Waals surface area contributed by atoms with Gasteiger partial charge in [-0.25, -0.2) is 19.3 Å². The van der Waals surface area contributed by atoms with Crippen LogP contribution in [0.2, 0.25) is 0 Å². The van der Waals surface area contributed by atoms with Gasteiger partial charge in [0, 0.05) is 5.69 Å². The van der Waals surface area contributed by atoms with Gasteiger partial charge in [0.25, 0.3) is 0 Å². The van der Waals surface area contributed by atoms with Gasteiger partial charge in [0.05, 0.1) is 22.7 Å². The van der Waals surface area contributed by atoms with Gasteiger partial charge in [-0.3, -0.25) is 0 Å². The van der Waals surface area contributed by atoms with Crippen molar-refractivity contribution in [2.45, 2.75) is 0 Å². The molecule has 0 saturated carbocycles. The first kappa shape index (κ1) is 14.6. The molecule has 4 rings (SSSR count). The van der Waals surface area contributed by atoms with Gasteiger partial charge in [-0.1, -0.05) is 18.2 Å². The molecule has 0 fully saturated rings. The number of para-hydroxylation sites is 2. The van der Waals surface area contributed by atoms with Crippen molar-refractivity contribution in [3.05, 3.63) is 70.9 Å². The van der Waals surface area contributed by atoms with E-state index in [-0.39, 0.29) is 17.6 Å². The Labute approximate surface area is 141 Å². The summed E-state index contributed by atoms with van der Waals surface area (Å²) < 4.78 is 1.38. The summed E-state index contributed by atoms with van der Waals surface area (Å²) in [5.74, 6) is 0.480. The number of benzene rings is 2. The number of nitriles is 1. The number of imidazole rings is 1. The second kappa shape index (κ2) is 5.90. The van der Waals surface area contributed by atoms with Gasteiger partial charge in [-0.05, 0) is 30.3 Å². The van der Waals surface area contributed by atoms with Gasteiger partial charge in [0.15, 0.2) is 0 Å². The summed E-state index contributed by atoms with van der Waals surface area (Å²) in [6, 6.07) is 16.3. The number of aromatic amines is 1. The summed E-state index contributed by atoms with van der Waals surface area (Å²) in [4.78, 5) is 27.5. The van der Waals surface area contributed by atoms with E-state index >= 15 is 0 Å². The van der Waals surface area contributed by atoms with Crippen LogP contribution in [0.15, 0.2) is 59.7 Å². The molecule has 0 radical (unpaired) electrons. The molecule has 0 spiro atoms. The maximum absolute atomic E-state index is 12.2. The minimum Gasteiger partial charge on any atom is -0.324 e. The summed E-state index contributed by atoms with van der Waals surface area (Å²) in [5.41, 5.74) is 2.24. The molecule has 120 valence electrons. The minimum absolute atomic E-state index is 0.205. The van der Waals surface area contributed by atoms with E-state index in [1.165, 1.54) is 10.9 Å². The lowest BCUT2D eigenvalue weighted by molar-refractivity contribution is 0.886. The number of nitrogens with one attached hydrogen (secondary N) is 2. The maximum Gasteiger partial charge on any atom is 0.333 e. The highest BCUT2D eigenvalue weighted by molar-refractivity contribution is 5.76. The SMILES string of the molecule is N#Cc1cccc(Nc2ncnc(-n3c(=O)[nH]c4ccccc43)n2)c1. The zero-order valence-corrected chi connectivity index (χ0v) is 12.8. The van der Waals surface area contributed by atoms with E-state index in [4.69, 9.17) is 5.26 Å². The van der Waals surface area contributed by atoms with Crippen LogP contribution in [0.5, 0.6) is 0 Å². The van der Waals surface area contributed by atoms with Crippen LogP contribution >= 0.6 is 0 Å². The number of nitrogens with zero attached hydrogens (tertiary/aromatic N) is 5. The van der Waals surface area contributed by atoms with Crippen LogP contribution in [0.3, 0.4) is 0 Å². The molecule has 8 nitrogen and oxygen atoms in total. The first-order valence-corrected chi connectivity index (χ1v) is 7.41. The third-order valence-electron chi connectivity index (χ3n) is 3.60. The van der Waals surface area contributed by atoms with Crippen molar-refractivity contribution in [3.63, 3.8) is 0 Å². The van der Waals surface area contributed by atoms with Gasteiger partial charge in [-0.2, -0.15) is 10.2 Å². The van der Waals surface area contributed by atoms with E-state index < -0.39 is 0 Å². The first-order valence-electron chi connectivity index (χ1n) is 7.41. The van der Waals surface area contributed by atoms with E-state index in [9.17, 15) is 4.79 Å². The number of H-pyrrole nitrogens is 1. The highest BCUT2D eigenvalue weighted by Crippen LogP contribution is 2.16. The number of hydrogen-bond donors (Lipinski definition) is 2. The molecule has 0 aliphatic rings. The number of hydrogen-bond acceptors (Lipinski definition) is 6. The number of fused-ring (bicyclic) bond motifs is 1. The third kappa shape index (κ3) is 2.70. The molecule has 2 aromatic heterocycles. The Balaban J connectivity index is 1.75. The Hall–Kier alpha value is -3.99. The second-order valence-electron chi connectivity index (χ2n) is 5.21. The Bertz CT molecular complexity index is 1170.